The molecule has 2 aromatic rings. The molecule has 1 heterocycles. The molecule has 0 aliphatic carbocycles. The molecule has 0 aliphatic rings. The summed E-state index contributed by atoms with van der Waals surface area (Å²) in [6.45, 7) is 3.84. The first-order valence-electron chi connectivity index (χ1n) is 6.52. The summed E-state index contributed by atoms with van der Waals surface area (Å²) >= 11 is 0. The molecule has 0 saturated heterocycles. The molecular weight excluding hydrogens is 292 g/mol. The zero-order valence-corrected chi connectivity index (χ0v) is 12.7. The lowest BCUT2D eigenvalue weighted by Crippen LogP contribution is -2.27. The van der Waals surface area contributed by atoms with Gasteiger partial charge in [-0.2, -0.15) is 0 Å². The van der Waals surface area contributed by atoms with Crippen molar-refractivity contribution in [2.45, 2.75) is 24.8 Å². The quantitative estimate of drug-likeness (QED) is 0.798. The van der Waals surface area contributed by atoms with E-state index in [1.54, 1.807) is 38.1 Å². The highest BCUT2D eigenvalue weighted by Crippen LogP contribution is 2.27. The van der Waals surface area contributed by atoms with E-state index < -0.39 is 16.1 Å². The second-order valence-electron chi connectivity index (χ2n) is 4.50. The molecule has 7 heteroatoms. The number of nitrogens with one attached hydrogen (secondary N) is 1. The first-order chi connectivity index (χ1) is 9.94. The van der Waals surface area contributed by atoms with E-state index in [1.165, 1.54) is 12.3 Å². The largest absolute Gasteiger partial charge is 0.492 e. The van der Waals surface area contributed by atoms with E-state index >= 15 is 0 Å². The third-order valence-electron chi connectivity index (χ3n) is 2.86. The molecule has 0 fully saturated rings. The molecule has 1 unspecified atom stereocenters. The van der Waals surface area contributed by atoms with E-state index in [0.717, 1.165) is 0 Å². The minimum Gasteiger partial charge on any atom is -0.492 e. The number of rotatable bonds is 6. The topological polar surface area (TPSA) is 94.6 Å². The van der Waals surface area contributed by atoms with Crippen molar-refractivity contribution in [3.8, 4) is 5.75 Å². The van der Waals surface area contributed by atoms with Crippen molar-refractivity contribution >= 4 is 15.7 Å². The van der Waals surface area contributed by atoms with Crippen LogP contribution in [0, 0.1) is 0 Å². The Hall–Kier alpha value is -1.99. The molecule has 21 heavy (non-hydrogen) atoms. The fourth-order valence-corrected chi connectivity index (χ4v) is 3.29. The van der Waals surface area contributed by atoms with Crippen molar-refractivity contribution in [1.29, 1.82) is 0 Å². The third-order valence-corrected chi connectivity index (χ3v) is 4.42. The van der Waals surface area contributed by atoms with Gasteiger partial charge in [-0.15, -0.1) is 0 Å². The summed E-state index contributed by atoms with van der Waals surface area (Å²) < 4.78 is 38.1. The number of nitrogens with two attached hydrogens (primary N) is 1. The summed E-state index contributed by atoms with van der Waals surface area (Å²) in [6, 6.07) is 7.43. The number of hydrogen-bond donors (Lipinski definition) is 2. The fourth-order valence-electron chi connectivity index (χ4n) is 1.90. The molecule has 0 saturated carbocycles. The van der Waals surface area contributed by atoms with Gasteiger partial charge in [0.15, 0.2) is 0 Å². The van der Waals surface area contributed by atoms with Crippen LogP contribution in [0.25, 0.3) is 0 Å². The average molecular weight is 310 g/mol. The van der Waals surface area contributed by atoms with Crippen molar-refractivity contribution in [3.05, 3.63) is 42.4 Å². The van der Waals surface area contributed by atoms with Gasteiger partial charge in [0.05, 0.1) is 18.9 Å². The van der Waals surface area contributed by atoms with E-state index in [-0.39, 0.29) is 10.6 Å². The maximum Gasteiger partial charge on any atom is 0.244 e. The number of ether oxygens (including phenoxy) is 1. The van der Waals surface area contributed by atoms with Crippen LogP contribution >= 0.6 is 0 Å². The maximum absolute atomic E-state index is 12.5. The molecule has 0 aliphatic heterocycles. The standard InChI is InChI=1S/C14H18N2O4S/c1-3-19-13-7-6-11(15)9-14(13)21(17,18)16-10(2)12-5-4-8-20-12/h4-10,16H,3,15H2,1-2H3. The lowest BCUT2D eigenvalue weighted by molar-refractivity contribution is 0.331. The smallest absolute Gasteiger partial charge is 0.244 e. The van der Waals surface area contributed by atoms with Gasteiger partial charge in [0, 0.05) is 5.69 Å². The fraction of sp³-hybridized carbons (Fsp3) is 0.286. The minimum absolute atomic E-state index is 0.0164. The van der Waals surface area contributed by atoms with Gasteiger partial charge in [0.2, 0.25) is 10.0 Å². The maximum atomic E-state index is 12.5. The number of hydrogen-bond acceptors (Lipinski definition) is 5. The van der Waals surface area contributed by atoms with Crippen LogP contribution in [0.1, 0.15) is 25.6 Å². The average Bonchev–Trinajstić information content (AvgIpc) is 2.94. The normalized spacial score (nSPS) is 13.0. The van der Waals surface area contributed by atoms with Crippen molar-refractivity contribution in [2.75, 3.05) is 12.3 Å². The molecule has 0 spiro atoms. The summed E-state index contributed by atoms with van der Waals surface area (Å²) in [7, 11) is -3.78. The molecule has 0 amide bonds. The van der Waals surface area contributed by atoms with E-state index in [9.17, 15) is 8.42 Å². The van der Waals surface area contributed by atoms with Gasteiger partial charge in [-0.05, 0) is 44.2 Å². The van der Waals surface area contributed by atoms with Crippen molar-refractivity contribution in [2.24, 2.45) is 0 Å². The van der Waals surface area contributed by atoms with Crippen LogP contribution in [-0.4, -0.2) is 15.0 Å². The second-order valence-corrected chi connectivity index (χ2v) is 6.18. The van der Waals surface area contributed by atoms with Crippen LogP contribution in [-0.2, 0) is 10.0 Å². The lowest BCUT2D eigenvalue weighted by Gasteiger charge is -2.15. The van der Waals surface area contributed by atoms with Crippen molar-refractivity contribution in [3.63, 3.8) is 0 Å². The van der Waals surface area contributed by atoms with Crippen LogP contribution in [0.2, 0.25) is 0 Å². The summed E-state index contributed by atoms with van der Waals surface area (Å²) in [5.41, 5.74) is 6.03. The Kier molecular flexibility index (Phi) is 4.54. The summed E-state index contributed by atoms with van der Waals surface area (Å²) in [6.07, 6.45) is 1.49. The Labute approximate surface area is 124 Å². The van der Waals surface area contributed by atoms with E-state index in [1.807, 2.05) is 0 Å². The molecule has 1 aromatic carbocycles. The Morgan fingerprint density at radius 2 is 2.14 bits per heavy atom. The summed E-state index contributed by atoms with van der Waals surface area (Å²) in [4.78, 5) is 0.0164. The van der Waals surface area contributed by atoms with Crippen LogP contribution in [0.4, 0.5) is 5.69 Å². The predicted octanol–water partition coefficient (Wildman–Crippen LogP) is 2.30. The van der Waals surface area contributed by atoms with Gasteiger partial charge >= 0.3 is 0 Å². The molecular formula is C14H18N2O4S. The number of furan rings is 1. The number of anilines is 1. The molecule has 3 N–H and O–H groups in total. The summed E-state index contributed by atoms with van der Waals surface area (Å²) in [5.74, 6) is 0.797. The highest BCUT2D eigenvalue weighted by Gasteiger charge is 2.23. The Morgan fingerprint density at radius 3 is 2.76 bits per heavy atom. The van der Waals surface area contributed by atoms with Crippen molar-refractivity contribution in [1.82, 2.24) is 4.72 Å². The molecule has 0 bridgehead atoms. The highest BCUT2D eigenvalue weighted by atomic mass is 32.2. The Balaban J connectivity index is 2.33. The number of nitrogen functional groups attached to an aromatic ring is 1. The Bertz CT molecular complexity index is 696. The lowest BCUT2D eigenvalue weighted by atomic mass is 10.3. The molecule has 0 radical (unpaired) electrons. The monoisotopic (exact) mass is 310 g/mol. The SMILES string of the molecule is CCOc1ccc(N)cc1S(=O)(=O)NC(C)c1ccco1. The first kappa shape index (κ1) is 15.4. The second kappa shape index (κ2) is 6.19. The molecule has 1 aromatic heterocycles. The molecule has 114 valence electrons. The first-order valence-corrected chi connectivity index (χ1v) is 8.00. The van der Waals surface area contributed by atoms with Crippen LogP contribution < -0.4 is 15.2 Å². The molecule has 1 atom stereocenters. The number of sulfonamides is 1. The Morgan fingerprint density at radius 1 is 1.38 bits per heavy atom. The number of benzene rings is 1. The van der Waals surface area contributed by atoms with Gasteiger partial charge in [-0.3, -0.25) is 0 Å². The highest BCUT2D eigenvalue weighted by molar-refractivity contribution is 7.89. The van der Waals surface area contributed by atoms with E-state index in [2.05, 4.69) is 4.72 Å². The van der Waals surface area contributed by atoms with E-state index in [4.69, 9.17) is 14.9 Å². The zero-order valence-electron chi connectivity index (χ0n) is 11.9. The van der Waals surface area contributed by atoms with Crippen molar-refractivity contribution < 1.29 is 17.6 Å². The van der Waals surface area contributed by atoms with Gasteiger partial charge in [0.25, 0.3) is 0 Å². The van der Waals surface area contributed by atoms with Gasteiger partial charge in [-0.1, -0.05) is 0 Å². The predicted molar refractivity (Wildman–Crippen MR) is 79.5 cm³/mol. The zero-order chi connectivity index (χ0) is 15.5. The van der Waals surface area contributed by atoms with Crippen LogP contribution in [0.5, 0.6) is 5.75 Å². The third kappa shape index (κ3) is 3.56. The van der Waals surface area contributed by atoms with Gasteiger partial charge in [-0.25, -0.2) is 13.1 Å². The summed E-state index contributed by atoms with van der Waals surface area (Å²) in [5, 5.41) is 0. The van der Waals surface area contributed by atoms with Crippen LogP contribution in [0.15, 0.2) is 45.9 Å². The minimum atomic E-state index is -3.78. The van der Waals surface area contributed by atoms with Crippen LogP contribution in [0.3, 0.4) is 0 Å². The molecule has 6 nitrogen and oxygen atoms in total. The van der Waals surface area contributed by atoms with Gasteiger partial charge < -0.3 is 14.9 Å². The van der Waals surface area contributed by atoms with Gasteiger partial charge in [0.1, 0.15) is 16.4 Å². The molecule has 2 rings (SSSR count). The van der Waals surface area contributed by atoms with E-state index in [0.29, 0.717) is 18.1 Å².